The van der Waals surface area contributed by atoms with Gasteiger partial charge in [-0.05, 0) is 66.8 Å². The van der Waals surface area contributed by atoms with Gasteiger partial charge < -0.3 is 34.3 Å². The summed E-state index contributed by atoms with van der Waals surface area (Å²) in [5, 5.41) is 7.14. The van der Waals surface area contributed by atoms with Gasteiger partial charge in [0.2, 0.25) is 5.75 Å². The number of hydrogen-bond acceptors (Lipinski definition) is 9. The van der Waals surface area contributed by atoms with E-state index in [1.165, 1.54) is 6.92 Å². The fourth-order valence-corrected chi connectivity index (χ4v) is 5.53. The average Bonchev–Trinajstić information content (AvgIpc) is 3.14. The van der Waals surface area contributed by atoms with Gasteiger partial charge in [-0.2, -0.15) is 0 Å². The molecule has 0 saturated heterocycles. The van der Waals surface area contributed by atoms with Crippen LogP contribution in [0.4, 0.5) is 11.4 Å². The molecule has 0 fully saturated rings. The zero-order valence-corrected chi connectivity index (χ0v) is 23.8. The summed E-state index contributed by atoms with van der Waals surface area (Å²) >= 11 is 0. The number of methoxy groups -OCH3 is 3. The summed E-state index contributed by atoms with van der Waals surface area (Å²) in [5.74, 6) is 1.84. The van der Waals surface area contributed by atoms with Crippen LogP contribution < -0.4 is 34.3 Å². The Balaban J connectivity index is 1.60. The Morgan fingerprint density at radius 3 is 2.17 bits per heavy atom. The lowest BCUT2D eigenvalue weighted by Gasteiger charge is -2.30. The van der Waals surface area contributed by atoms with E-state index < -0.39 is 12.0 Å². The van der Waals surface area contributed by atoms with Crippen molar-refractivity contribution in [3.63, 3.8) is 0 Å². The third kappa shape index (κ3) is 5.52. The van der Waals surface area contributed by atoms with E-state index in [0.717, 1.165) is 28.2 Å². The van der Waals surface area contributed by atoms with Gasteiger partial charge in [0.05, 0.1) is 45.4 Å². The number of Topliss-reactive ketones (excluding diaryl/α,β-unsaturated/α-hetero) is 1. The predicted molar refractivity (Wildman–Crippen MR) is 155 cm³/mol. The molecule has 9 heteroatoms. The molecule has 0 spiro atoms. The highest BCUT2D eigenvalue weighted by Crippen LogP contribution is 2.47. The number of para-hydroxylation sites is 2. The average molecular weight is 559 g/mol. The summed E-state index contributed by atoms with van der Waals surface area (Å²) in [6.07, 6.45) is 0.896. The van der Waals surface area contributed by atoms with Gasteiger partial charge in [0, 0.05) is 24.6 Å². The minimum Gasteiger partial charge on any atom is -0.493 e. The minimum atomic E-state index is -0.458. The van der Waals surface area contributed by atoms with E-state index in [-0.39, 0.29) is 11.7 Å². The Morgan fingerprint density at radius 1 is 0.854 bits per heavy atom. The fraction of sp³-hybridized carbons (Fsp3) is 0.312. The van der Waals surface area contributed by atoms with Crippen molar-refractivity contribution in [2.75, 3.05) is 38.6 Å². The van der Waals surface area contributed by atoms with Crippen LogP contribution in [0, 0.1) is 0 Å². The molecular weight excluding hydrogens is 524 g/mol. The number of allylic oxidation sites excluding steroid dienone is 1. The number of carbonyl (C=O) groups is 2. The molecule has 2 aliphatic rings. The summed E-state index contributed by atoms with van der Waals surface area (Å²) < 4.78 is 27.8. The van der Waals surface area contributed by atoms with Crippen molar-refractivity contribution in [1.29, 1.82) is 0 Å². The number of ether oxygens (including phenoxy) is 5. The maximum atomic E-state index is 14.0. The lowest BCUT2D eigenvalue weighted by molar-refractivity contribution is -0.132. The van der Waals surface area contributed by atoms with Gasteiger partial charge in [0.1, 0.15) is 0 Å². The van der Waals surface area contributed by atoms with Crippen LogP contribution in [0.25, 0.3) is 0 Å². The lowest BCUT2D eigenvalue weighted by atomic mass is 9.78. The Labute approximate surface area is 239 Å². The molecule has 2 unspecified atom stereocenters. The van der Waals surface area contributed by atoms with Crippen molar-refractivity contribution in [3.8, 4) is 28.7 Å². The highest BCUT2D eigenvalue weighted by atomic mass is 16.6. The quantitative estimate of drug-likeness (QED) is 0.254. The molecular formula is C32H34N2O7. The second kappa shape index (κ2) is 11.8. The molecule has 2 N–H and O–H groups in total. The maximum absolute atomic E-state index is 14.0. The molecule has 1 heterocycles. The highest BCUT2D eigenvalue weighted by molar-refractivity contribution is 6.01. The van der Waals surface area contributed by atoms with E-state index in [0.29, 0.717) is 53.8 Å². The molecule has 0 saturated carbocycles. The molecule has 0 bridgehead atoms. The second-order valence-electron chi connectivity index (χ2n) is 9.86. The third-order valence-electron chi connectivity index (χ3n) is 7.32. The molecule has 9 nitrogen and oxygen atoms in total. The number of anilines is 2. The molecule has 3 aromatic rings. The Kier molecular flexibility index (Phi) is 8.05. The van der Waals surface area contributed by atoms with Crippen molar-refractivity contribution in [1.82, 2.24) is 0 Å². The molecule has 0 amide bonds. The standard InChI is InChI=1S/C32H34N2O7/c1-6-40-27-15-19(11-12-26(27)41-18(2)35)31-30-24(33-22-9-7-8-10-23(22)34-31)13-20(14-25(30)36)21-16-28(37-3)32(39-5)29(17-21)38-4/h7-12,15-17,20,31,33-34H,6,13-14H2,1-5H3. The topological polar surface area (TPSA) is 104 Å². The minimum absolute atomic E-state index is 0.0184. The number of rotatable bonds is 8. The van der Waals surface area contributed by atoms with Crippen molar-refractivity contribution in [2.24, 2.45) is 0 Å². The van der Waals surface area contributed by atoms with Gasteiger partial charge in [-0.3, -0.25) is 9.59 Å². The smallest absolute Gasteiger partial charge is 0.308 e. The fourth-order valence-electron chi connectivity index (χ4n) is 5.53. The van der Waals surface area contributed by atoms with Crippen molar-refractivity contribution in [2.45, 2.75) is 38.6 Å². The first-order valence-electron chi connectivity index (χ1n) is 13.5. The maximum Gasteiger partial charge on any atom is 0.308 e. The second-order valence-corrected chi connectivity index (χ2v) is 9.86. The summed E-state index contributed by atoms with van der Waals surface area (Å²) in [6.45, 7) is 3.60. The van der Waals surface area contributed by atoms with Crippen LogP contribution in [-0.2, 0) is 9.59 Å². The van der Waals surface area contributed by atoms with E-state index >= 15 is 0 Å². The zero-order chi connectivity index (χ0) is 29.1. The molecule has 1 aliphatic heterocycles. The molecule has 0 radical (unpaired) electrons. The Hall–Kier alpha value is -4.66. The summed E-state index contributed by atoms with van der Waals surface area (Å²) in [7, 11) is 4.73. The first-order chi connectivity index (χ1) is 19.9. The number of benzene rings is 3. The lowest BCUT2D eigenvalue weighted by Crippen LogP contribution is -2.27. The van der Waals surface area contributed by atoms with Crippen LogP contribution >= 0.6 is 0 Å². The third-order valence-corrected chi connectivity index (χ3v) is 7.32. The molecule has 5 rings (SSSR count). The SMILES string of the molecule is CCOc1cc(C2Nc3ccccc3NC3=C2C(=O)CC(c2cc(OC)c(OC)c(OC)c2)C3)ccc1OC(C)=O. The molecule has 0 aromatic heterocycles. The summed E-state index contributed by atoms with van der Waals surface area (Å²) in [4.78, 5) is 25.7. The van der Waals surface area contributed by atoms with Crippen LogP contribution in [0.1, 0.15) is 49.8 Å². The largest absolute Gasteiger partial charge is 0.493 e. The predicted octanol–water partition coefficient (Wildman–Crippen LogP) is 6.02. The Morgan fingerprint density at radius 2 is 1.54 bits per heavy atom. The van der Waals surface area contributed by atoms with Crippen LogP contribution in [0.3, 0.4) is 0 Å². The van der Waals surface area contributed by atoms with E-state index in [2.05, 4.69) is 10.6 Å². The number of carbonyl (C=O) groups excluding carboxylic acids is 2. The summed E-state index contributed by atoms with van der Waals surface area (Å²) in [6, 6.07) is 16.6. The van der Waals surface area contributed by atoms with Gasteiger partial charge in [-0.25, -0.2) is 0 Å². The van der Waals surface area contributed by atoms with Crippen LogP contribution in [-0.4, -0.2) is 39.7 Å². The summed E-state index contributed by atoms with van der Waals surface area (Å²) in [5.41, 5.74) is 4.98. The molecule has 214 valence electrons. The van der Waals surface area contributed by atoms with Gasteiger partial charge >= 0.3 is 5.97 Å². The van der Waals surface area contributed by atoms with Crippen LogP contribution in [0.15, 0.2) is 65.9 Å². The first kappa shape index (κ1) is 27.9. The number of hydrogen-bond donors (Lipinski definition) is 2. The van der Waals surface area contributed by atoms with Gasteiger partial charge in [0.15, 0.2) is 28.8 Å². The van der Waals surface area contributed by atoms with E-state index in [1.54, 1.807) is 27.4 Å². The van der Waals surface area contributed by atoms with Crippen molar-refractivity contribution < 1.29 is 33.3 Å². The first-order valence-corrected chi connectivity index (χ1v) is 13.5. The molecule has 2 atom stereocenters. The highest BCUT2D eigenvalue weighted by Gasteiger charge is 2.37. The molecule has 41 heavy (non-hydrogen) atoms. The van der Waals surface area contributed by atoms with Gasteiger partial charge in [-0.1, -0.05) is 18.2 Å². The molecule has 3 aromatic carbocycles. The monoisotopic (exact) mass is 558 g/mol. The van der Waals surface area contributed by atoms with E-state index in [4.69, 9.17) is 23.7 Å². The van der Waals surface area contributed by atoms with Gasteiger partial charge in [-0.15, -0.1) is 0 Å². The zero-order valence-electron chi connectivity index (χ0n) is 23.8. The van der Waals surface area contributed by atoms with E-state index in [9.17, 15) is 9.59 Å². The molecule has 1 aliphatic carbocycles. The van der Waals surface area contributed by atoms with Gasteiger partial charge in [0.25, 0.3) is 0 Å². The van der Waals surface area contributed by atoms with Crippen LogP contribution in [0.2, 0.25) is 0 Å². The number of ketones is 1. The van der Waals surface area contributed by atoms with Crippen molar-refractivity contribution in [3.05, 3.63) is 77.0 Å². The van der Waals surface area contributed by atoms with E-state index in [1.807, 2.05) is 55.5 Å². The normalized spacial score (nSPS) is 17.7. The van der Waals surface area contributed by atoms with Crippen molar-refractivity contribution >= 4 is 23.1 Å². The van der Waals surface area contributed by atoms with Crippen LogP contribution in [0.5, 0.6) is 28.7 Å². The number of fused-ring (bicyclic) bond motifs is 1. The Bertz CT molecular complexity index is 1490. The number of esters is 1. The number of nitrogens with one attached hydrogen (secondary N) is 2.